The van der Waals surface area contributed by atoms with Gasteiger partial charge in [-0.2, -0.15) is 13.2 Å². The summed E-state index contributed by atoms with van der Waals surface area (Å²) in [6.45, 7) is -1.81. The SMILES string of the molecule is O=C(N[C@H](c1nc2c(F)c(C(CC(F)F)C(=O)NCC(F)(F)F)ccc2[nH]1)C1CCC(F)(F)CC1)c1ccccc1F. The Labute approximate surface area is 233 Å². The maximum absolute atomic E-state index is 15.6. The molecule has 1 aliphatic carbocycles. The summed E-state index contributed by atoms with van der Waals surface area (Å²) >= 11 is 0. The molecule has 0 aliphatic heterocycles. The highest BCUT2D eigenvalue weighted by molar-refractivity contribution is 5.94. The van der Waals surface area contributed by atoms with Gasteiger partial charge in [0.05, 0.1) is 23.0 Å². The summed E-state index contributed by atoms with van der Waals surface area (Å²) in [6, 6.07) is 6.01. The topological polar surface area (TPSA) is 86.9 Å². The van der Waals surface area contributed by atoms with E-state index >= 15 is 4.39 Å². The van der Waals surface area contributed by atoms with E-state index in [1.807, 2.05) is 0 Å². The van der Waals surface area contributed by atoms with Crippen LogP contribution in [0.25, 0.3) is 11.0 Å². The minimum atomic E-state index is -4.84. The average Bonchev–Trinajstić information content (AvgIpc) is 3.34. The lowest BCUT2D eigenvalue weighted by Crippen LogP contribution is -2.38. The molecule has 228 valence electrons. The zero-order chi connectivity index (χ0) is 30.8. The highest BCUT2D eigenvalue weighted by Crippen LogP contribution is 2.41. The minimum Gasteiger partial charge on any atom is -0.346 e. The molecule has 0 spiro atoms. The number of carbonyl (C=O) groups excluding carboxylic acids is 2. The van der Waals surface area contributed by atoms with E-state index in [0.717, 1.165) is 12.1 Å². The number of H-pyrrole nitrogens is 1. The third-order valence-electron chi connectivity index (χ3n) is 7.14. The summed E-state index contributed by atoms with van der Waals surface area (Å²) in [4.78, 5) is 32.2. The summed E-state index contributed by atoms with van der Waals surface area (Å²) in [5.74, 6) is -10.1. The quantitative estimate of drug-likeness (QED) is 0.241. The third-order valence-corrected chi connectivity index (χ3v) is 7.14. The van der Waals surface area contributed by atoms with E-state index in [2.05, 4.69) is 15.3 Å². The van der Waals surface area contributed by atoms with Crippen molar-refractivity contribution in [3.63, 3.8) is 0 Å². The fourth-order valence-corrected chi connectivity index (χ4v) is 5.03. The molecule has 1 unspecified atom stereocenters. The van der Waals surface area contributed by atoms with E-state index in [1.54, 1.807) is 0 Å². The molecule has 2 aromatic carbocycles. The van der Waals surface area contributed by atoms with Crippen molar-refractivity contribution in [3.05, 3.63) is 65.0 Å². The van der Waals surface area contributed by atoms with Crippen LogP contribution in [0.2, 0.25) is 0 Å². The Morgan fingerprint density at radius 1 is 1.05 bits per heavy atom. The maximum Gasteiger partial charge on any atom is 0.405 e. The minimum absolute atomic E-state index is 0.0240. The Balaban J connectivity index is 1.70. The van der Waals surface area contributed by atoms with Crippen molar-refractivity contribution in [2.45, 2.75) is 62.6 Å². The molecule has 3 N–H and O–H groups in total. The first-order valence-electron chi connectivity index (χ1n) is 12.9. The van der Waals surface area contributed by atoms with E-state index in [9.17, 15) is 44.7 Å². The number of alkyl halides is 7. The molecular formula is C27H25F9N4O2. The van der Waals surface area contributed by atoms with Gasteiger partial charge in [0.25, 0.3) is 5.91 Å². The standard InChI is InChI=1S/C27H25F9N4O2/c28-17-4-2-1-3-15(17)25(42)40-21(13-7-9-26(32,33)10-8-13)23-38-18-6-5-14(20(31)22(18)39-23)16(11-19(29)30)24(41)37-12-27(34,35)36/h1-6,13,16,19,21H,7-12H2,(H,37,41)(H,38,39)(H,40,42)/t16?,21-/m0/s1. The zero-order valence-corrected chi connectivity index (χ0v) is 21.7. The predicted octanol–water partition coefficient (Wildman–Crippen LogP) is 6.56. The molecule has 1 saturated carbocycles. The lowest BCUT2D eigenvalue weighted by molar-refractivity contribution is -0.139. The first-order chi connectivity index (χ1) is 19.6. The van der Waals surface area contributed by atoms with Crippen LogP contribution in [0.15, 0.2) is 36.4 Å². The number of imidazole rings is 1. The van der Waals surface area contributed by atoms with Crippen molar-refractivity contribution in [1.82, 2.24) is 20.6 Å². The van der Waals surface area contributed by atoms with Crippen molar-refractivity contribution in [3.8, 4) is 0 Å². The first kappa shape index (κ1) is 31.2. The van der Waals surface area contributed by atoms with Crippen LogP contribution in [-0.4, -0.2) is 46.9 Å². The van der Waals surface area contributed by atoms with Crippen LogP contribution in [0.3, 0.4) is 0 Å². The number of carbonyl (C=O) groups is 2. The van der Waals surface area contributed by atoms with Crippen molar-refractivity contribution in [2.75, 3.05) is 6.54 Å². The molecule has 1 heterocycles. The average molecular weight is 609 g/mol. The highest BCUT2D eigenvalue weighted by atomic mass is 19.4. The van der Waals surface area contributed by atoms with E-state index in [1.165, 1.54) is 29.6 Å². The smallest absolute Gasteiger partial charge is 0.346 e. The second-order valence-electron chi connectivity index (χ2n) is 10.1. The second kappa shape index (κ2) is 12.2. The molecule has 15 heteroatoms. The molecule has 0 saturated heterocycles. The Hall–Kier alpha value is -3.78. The van der Waals surface area contributed by atoms with Gasteiger partial charge in [0.2, 0.25) is 18.3 Å². The number of fused-ring (bicyclic) bond motifs is 1. The summed E-state index contributed by atoms with van der Waals surface area (Å²) < 4.78 is 122. The third kappa shape index (κ3) is 7.34. The maximum atomic E-state index is 15.6. The molecular weight excluding hydrogens is 583 g/mol. The van der Waals surface area contributed by atoms with Gasteiger partial charge < -0.3 is 15.6 Å². The molecule has 2 atom stereocenters. The molecule has 4 rings (SSSR count). The van der Waals surface area contributed by atoms with Gasteiger partial charge in [-0.3, -0.25) is 9.59 Å². The summed E-state index contributed by atoms with van der Waals surface area (Å²) in [5.41, 5.74) is -1.47. The number of halogens is 9. The molecule has 42 heavy (non-hydrogen) atoms. The summed E-state index contributed by atoms with van der Waals surface area (Å²) in [7, 11) is 0. The summed E-state index contributed by atoms with van der Waals surface area (Å²) in [5, 5.41) is 4.06. The van der Waals surface area contributed by atoms with Crippen molar-refractivity contribution in [2.24, 2.45) is 5.92 Å². The van der Waals surface area contributed by atoms with E-state index in [4.69, 9.17) is 0 Å². The monoisotopic (exact) mass is 608 g/mol. The van der Waals surface area contributed by atoms with E-state index < -0.39 is 96.7 Å². The van der Waals surface area contributed by atoms with Gasteiger partial charge >= 0.3 is 6.18 Å². The van der Waals surface area contributed by atoms with E-state index in [0.29, 0.717) is 0 Å². The number of aromatic amines is 1. The van der Waals surface area contributed by atoms with Gasteiger partial charge in [-0.05, 0) is 37.0 Å². The Bertz CT molecular complexity index is 1430. The second-order valence-corrected chi connectivity index (χ2v) is 10.1. The number of hydrogen-bond acceptors (Lipinski definition) is 3. The molecule has 0 bridgehead atoms. The van der Waals surface area contributed by atoms with Crippen LogP contribution in [0.4, 0.5) is 39.5 Å². The van der Waals surface area contributed by atoms with Gasteiger partial charge in [0, 0.05) is 24.8 Å². The fourth-order valence-electron chi connectivity index (χ4n) is 5.03. The highest BCUT2D eigenvalue weighted by Gasteiger charge is 2.40. The lowest BCUT2D eigenvalue weighted by Gasteiger charge is -2.33. The molecule has 2 amide bonds. The van der Waals surface area contributed by atoms with Crippen LogP contribution >= 0.6 is 0 Å². The number of hydrogen-bond donors (Lipinski definition) is 3. The number of amides is 2. The van der Waals surface area contributed by atoms with Gasteiger partial charge in [0.15, 0.2) is 5.82 Å². The van der Waals surface area contributed by atoms with Crippen molar-refractivity contribution >= 4 is 22.8 Å². The zero-order valence-electron chi connectivity index (χ0n) is 21.7. The number of rotatable bonds is 9. The normalized spacial score (nSPS) is 17.3. The predicted molar refractivity (Wildman–Crippen MR) is 132 cm³/mol. The lowest BCUT2D eigenvalue weighted by atomic mass is 9.81. The van der Waals surface area contributed by atoms with Crippen LogP contribution in [0, 0.1) is 17.6 Å². The van der Waals surface area contributed by atoms with Crippen molar-refractivity contribution < 1.29 is 49.1 Å². The molecule has 1 aromatic heterocycles. The first-order valence-corrected chi connectivity index (χ1v) is 12.9. The number of nitrogens with zero attached hydrogens (tertiary/aromatic N) is 1. The number of nitrogens with one attached hydrogen (secondary N) is 3. The number of benzene rings is 2. The van der Waals surface area contributed by atoms with Crippen LogP contribution in [0.5, 0.6) is 0 Å². The molecule has 3 aromatic rings. The largest absolute Gasteiger partial charge is 0.405 e. The molecule has 0 radical (unpaired) electrons. The molecule has 1 fully saturated rings. The molecule has 1 aliphatic rings. The number of aromatic nitrogens is 2. The van der Waals surface area contributed by atoms with Gasteiger partial charge in [-0.25, -0.2) is 31.3 Å². The summed E-state index contributed by atoms with van der Waals surface area (Å²) in [6.07, 6.45) is -10.4. The van der Waals surface area contributed by atoms with Gasteiger partial charge in [0.1, 0.15) is 23.7 Å². The van der Waals surface area contributed by atoms with Crippen LogP contribution in [-0.2, 0) is 4.79 Å². The van der Waals surface area contributed by atoms with E-state index in [-0.39, 0.29) is 29.7 Å². The Morgan fingerprint density at radius 2 is 1.71 bits per heavy atom. The van der Waals surface area contributed by atoms with Crippen LogP contribution in [0.1, 0.15) is 65.8 Å². The van der Waals surface area contributed by atoms with Gasteiger partial charge in [-0.1, -0.05) is 18.2 Å². The molecule has 6 nitrogen and oxygen atoms in total. The Morgan fingerprint density at radius 3 is 2.33 bits per heavy atom. The van der Waals surface area contributed by atoms with Gasteiger partial charge in [-0.15, -0.1) is 0 Å². The van der Waals surface area contributed by atoms with Crippen molar-refractivity contribution in [1.29, 1.82) is 0 Å². The Kier molecular flexibility index (Phi) is 9.06. The fraction of sp³-hybridized carbons (Fsp3) is 0.444. The van der Waals surface area contributed by atoms with Crippen LogP contribution < -0.4 is 10.6 Å².